The van der Waals surface area contributed by atoms with Gasteiger partial charge < -0.3 is 0 Å². The van der Waals surface area contributed by atoms with Crippen LogP contribution in [0.15, 0.2) is 30.6 Å². The molecule has 1 aromatic heterocycles. The van der Waals surface area contributed by atoms with Crippen molar-refractivity contribution in [2.24, 2.45) is 0 Å². The Morgan fingerprint density at radius 3 is 2.55 bits per heavy atom. The van der Waals surface area contributed by atoms with Gasteiger partial charge in [0.25, 0.3) is 0 Å². The Morgan fingerprint density at radius 1 is 1.25 bits per heavy atom. The molecule has 2 rings (SSSR count). The molecule has 0 saturated carbocycles. The molecule has 0 fully saturated rings. The van der Waals surface area contributed by atoms with Gasteiger partial charge in [0, 0.05) is 44.2 Å². The van der Waals surface area contributed by atoms with Gasteiger partial charge in [0.05, 0.1) is 5.56 Å². The molecule has 20 heavy (non-hydrogen) atoms. The number of aromatic nitrogens is 2. The van der Waals surface area contributed by atoms with Crippen LogP contribution >= 0.6 is 41.7 Å². The lowest BCUT2D eigenvalue weighted by atomic mass is 10.1. The minimum Gasteiger partial charge on any atom is -0.235 e. The second-order valence-corrected chi connectivity index (χ2v) is 5.61. The van der Waals surface area contributed by atoms with E-state index in [9.17, 15) is 8.96 Å². The van der Waals surface area contributed by atoms with Crippen molar-refractivity contribution < 1.29 is 8.96 Å². The predicted octanol–water partition coefficient (Wildman–Crippen LogP) is 4.76. The Balaban J connectivity index is 2.41. The maximum Gasteiger partial charge on any atom is 0.161 e. The van der Waals surface area contributed by atoms with Crippen LogP contribution in [0.5, 0.6) is 0 Å². The van der Waals surface area contributed by atoms with Crippen molar-refractivity contribution >= 4 is 47.4 Å². The summed E-state index contributed by atoms with van der Waals surface area (Å²) in [5, 5.41) is 1.99. The first kappa shape index (κ1) is 15.3. The van der Waals surface area contributed by atoms with E-state index in [1.54, 1.807) is 0 Å². The molecular weight excluding hydrogens is 419 g/mol. The van der Waals surface area contributed by atoms with Crippen LogP contribution in [0, 0.1) is 11.2 Å². The second kappa shape index (κ2) is 7.06. The lowest BCUT2D eigenvalue weighted by molar-refractivity contribution is 0.235. The summed E-state index contributed by atoms with van der Waals surface area (Å²) in [6.45, 7) is 0. The maximum atomic E-state index is 12.8. The molecule has 0 saturated heterocycles. The zero-order valence-electron chi connectivity index (χ0n) is 9.65. The minimum atomic E-state index is -1.01. The van der Waals surface area contributed by atoms with E-state index in [2.05, 4.69) is 21.1 Å². The maximum absolute atomic E-state index is 12.8. The average Bonchev–Trinajstić information content (AvgIpc) is 2.45. The number of anilines is 1. The first-order valence-corrected chi connectivity index (χ1v) is 8.88. The molecule has 0 atom stereocenters. The number of nitrogens with zero attached hydrogens (tertiary/aromatic N) is 3. The molecule has 8 heteroatoms. The minimum absolute atomic E-state index is 0.185. The van der Waals surface area contributed by atoms with E-state index in [1.165, 1.54) is 33.5 Å². The third kappa shape index (κ3) is 3.71. The third-order valence-electron chi connectivity index (χ3n) is 2.27. The van der Waals surface area contributed by atoms with Gasteiger partial charge in [-0.3, -0.25) is 0 Å². The van der Waals surface area contributed by atoms with E-state index in [0.717, 1.165) is 6.07 Å². The van der Waals surface area contributed by atoms with Gasteiger partial charge in [0.15, 0.2) is 5.82 Å². The number of benzene rings is 1. The summed E-state index contributed by atoms with van der Waals surface area (Å²) in [6, 6.07) is 4.11. The van der Waals surface area contributed by atoms with Crippen molar-refractivity contribution in [2.75, 3.05) is 5.34 Å². The Hall–Kier alpha value is -1.11. The SMILES string of the molecule is FN(F)c1cc(Cl)ccc1-c1ncc(C#CSI)cn1. The molecule has 0 aliphatic carbocycles. The zero-order chi connectivity index (χ0) is 14.5. The molecule has 2 aromatic rings. The number of halogens is 4. The highest BCUT2D eigenvalue weighted by atomic mass is 127. The van der Waals surface area contributed by atoms with Gasteiger partial charge in [0.2, 0.25) is 0 Å². The topological polar surface area (TPSA) is 29.0 Å². The molecular formula is C12H5ClF2IN3S. The Kier molecular flexibility index (Phi) is 5.39. The van der Waals surface area contributed by atoms with Crippen molar-refractivity contribution in [3.63, 3.8) is 0 Å². The second-order valence-electron chi connectivity index (χ2n) is 3.49. The number of rotatable bonds is 2. The van der Waals surface area contributed by atoms with Crippen molar-refractivity contribution in [1.29, 1.82) is 0 Å². The molecule has 0 N–H and O–H groups in total. The highest BCUT2D eigenvalue weighted by molar-refractivity contribution is 14.2. The van der Waals surface area contributed by atoms with Gasteiger partial charge in [-0.2, -0.15) is 0 Å². The normalized spacial score (nSPS) is 9.80. The van der Waals surface area contributed by atoms with Crippen LogP contribution in [0.3, 0.4) is 0 Å². The fourth-order valence-corrected chi connectivity index (χ4v) is 2.10. The predicted molar refractivity (Wildman–Crippen MR) is 85.7 cm³/mol. The summed E-state index contributed by atoms with van der Waals surface area (Å²) in [7, 11) is 1.34. The summed E-state index contributed by atoms with van der Waals surface area (Å²) in [5.41, 5.74) is 0.465. The highest BCUT2D eigenvalue weighted by Gasteiger charge is 2.14. The smallest absolute Gasteiger partial charge is 0.161 e. The molecule has 1 aromatic carbocycles. The summed E-state index contributed by atoms with van der Waals surface area (Å²) < 4.78 is 25.7. The lowest BCUT2D eigenvalue weighted by Crippen LogP contribution is -2.00. The molecule has 0 amide bonds. The lowest BCUT2D eigenvalue weighted by Gasteiger charge is -2.09. The summed E-state index contributed by atoms with van der Waals surface area (Å²) in [5.74, 6) is 3.01. The van der Waals surface area contributed by atoms with Crippen LogP contribution in [0.2, 0.25) is 5.02 Å². The summed E-state index contributed by atoms with van der Waals surface area (Å²) in [4.78, 5) is 8.09. The highest BCUT2D eigenvalue weighted by Crippen LogP contribution is 2.31. The van der Waals surface area contributed by atoms with Gasteiger partial charge in [0.1, 0.15) is 5.69 Å². The van der Waals surface area contributed by atoms with Crippen LogP contribution in [0.4, 0.5) is 14.6 Å². The molecule has 0 unspecified atom stereocenters. The van der Waals surface area contributed by atoms with Crippen LogP contribution in [-0.4, -0.2) is 9.97 Å². The zero-order valence-corrected chi connectivity index (χ0v) is 13.4. The fraction of sp³-hybridized carbons (Fsp3) is 0. The van der Waals surface area contributed by atoms with Crippen LogP contribution in [0.25, 0.3) is 11.4 Å². The van der Waals surface area contributed by atoms with Crippen molar-refractivity contribution in [3.05, 3.63) is 41.2 Å². The number of hydrogen-bond donors (Lipinski definition) is 0. The Morgan fingerprint density at radius 2 is 1.95 bits per heavy atom. The van der Waals surface area contributed by atoms with E-state index in [0.29, 0.717) is 5.56 Å². The van der Waals surface area contributed by atoms with Gasteiger partial charge in [-0.05, 0) is 37.7 Å². The van der Waals surface area contributed by atoms with Crippen molar-refractivity contribution in [2.45, 2.75) is 0 Å². The first-order valence-electron chi connectivity index (χ1n) is 5.14. The average molecular weight is 424 g/mol. The van der Waals surface area contributed by atoms with E-state index >= 15 is 0 Å². The largest absolute Gasteiger partial charge is 0.235 e. The van der Waals surface area contributed by atoms with Gasteiger partial charge in [-0.1, -0.05) is 26.5 Å². The molecule has 0 radical (unpaired) electrons. The molecule has 0 bridgehead atoms. The van der Waals surface area contributed by atoms with Crippen LogP contribution in [-0.2, 0) is 0 Å². The molecule has 0 spiro atoms. The van der Waals surface area contributed by atoms with Crippen LogP contribution < -0.4 is 5.34 Å². The third-order valence-corrected chi connectivity index (χ3v) is 3.34. The van der Waals surface area contributed by atoms with Crippen LogP contribution in [0.1, 0.15) is 5.56 Å². The Bertz CT molecular complexity index is 671. The van der Waals surface area contributed by atoms with Crippen molar-refractivity contribution in [3.8, 4) is 22.6 Å². The van der Waals surface area contributed by atoms with E-state index < -0.39 is 5.34 Å². The standard InChI is InChI=1S/C12H5ClF2IN3S/c13-9-1-2-10(11(5-9)19(14)15)12-17-6-8(7-18-12)3-4-20-16/h1-2,5-7H. The van der Waals surface area contributed by atoms with Crippen molar-refractivity contribution in [1.82, 2.24) is 9.97 Å². The fourth-order valence-electron chi connectivity index (χ4n) is 1.44. The Labute approximate surface area is 135 Å². The first-order chi connectivity index (χ1) is 9.61. The monoisotopic (exact) mass is 423 g/mol. The summed E-state index contributed by atoms with van der Waals surface area (Å²) >= 11 is 7.75. The van der Waals surface area contributed by atoms with E-state index in [1.807, 2.05) is 21.2 Å². The molecule has 1 heterocycles. The quantitative estimate of drug-likeness (QED) is 0.395. The van der Waals surface area contributed by atoms with Gasteiger partial charge in [-0.25, -0.2) is 9.97 Å². The molecule has 102 valence electrons. The molecule has 0 aliphatic rings. The van der Waals surface area contributed by atoms with Gasteiger partial charge >= 0.3 is 0 Å². The van der Waals surface area contributed by atoms with Gasteiger partial charge in [-0.15, -0.1) is 0 Å². The summed E-state index contributed by atoms with van der Waals surface area (Å²) in [6.07, 6.45) is 2.97. The van der Waals surface area contributed by atoms with E-state index in [4.69, 9.17) is 11.6 Å². The van der Waals surface area contributed by atoms with E-state index in [-0.39, 0.29) is 22.1 Å². The number of hydrogen-bond acceptors (Lipinski definition) is 4. The molecule has 3 nitrogen and oxygen atoms in total. The molecule has 0 aliphatic heterocycles.